The van der Waals surface area contributed by atoms with E-state index in [2.05, 4.69) is 11.8 Å². The number of carbonyl (C=O) groups excluding carboxylic acids is 3. The molecule has 206 valence electrons. The molecule has 0 heterocycles. The van der Waals surface area contributed by atoms with Crippen LogP contribution in [0.25, 0.3) is 0 Å². The van der Waals surface area contributed by atoms with Gasteiger partial charge in [0.1, 0.15) is 22.8 Å². The molecule has 3 aliphatic carbocycles. The van der Waals surface area contributed by atoms with E-state index in [-0.39, 0.29) is 5.56 Å². The lowest BCUT2D eigenvalue weighted by molar-refractivity contribution is -0.162. The maximum Gasteiger partial charge on any atom is 0.255 e. The Morgan fingerprint density at radius 1 is 1.02 bits per heavy atom. The zero-order valence-electron chi connectivity index (χ0n) is 21.9. The van der Waals surface area contributed by atoms with Crippen molar-refractivity contribution in [2.45, 2.75) is 30.6 Å². The van der Waals surface area contributed by atoms with Crippen LogP contribution in [0.15, 0.2) is 65.1 Å². The number of hydrogen-bond acceptors (Lipinski definition) is 9. The van der Waals surface area contributed by atoms with Crippen LogP contribution in [0.2, 0.25) is 0 Å². The fraction of sp³-hybridized carbons (Fsp3) is 0.300. The summed E-state index contributed by atoms with van der Waals surface area (Å²) in [6, 6.07) is 10.6. The minimum atomic E-state index is -2.95. The molecule has 0 radical (unpaired) electrons. The molecule has 5 rings (SSSR count). The van der Waals surface area contributed by atoms with E-state index in [1.165, 1.54) is 25.1 Å². The average molecular weight is 545 g/mol. The normalized spacial score (nSPS) is 29.4. The lowest BCUT2D eigenvalue weighted by Crippen LogP contribution is -2.68. The molecule has 0 bridgehead atoms. The van der Waals surface area contributed by atoms with Crippen molar-refractivity contribution in [2.75, 3.05) is 14.1 Å². The summed E-state index contributed by atoms with van der Waals surface area (Å²) in [5, 5.41) is 56.6. The molecule has 0 fully saturated rings. The zero-order chi connectivity index (χ0) is 29.3. The molecule has 0 aromatic heterocycles. The number of primary amides is 1. The van der Waals surface area contributed by atoms with E-state index < -0.39 is 81.4 Å². The molecule has 2 aromatic carbocycles. The first-order valence-electron chi connectivity index (χ1n) is 12.6. The first kappa shape index (κ1) is 27.1. The predicted octanol–water partition coefficient (Wildman–Crippen LogP) is 1.05. The number of benzene rings is 2. The molecule has 6 atom stereocenters. The van der Waals surface area contributed by atoms with Crippen LogP contribution in [-0.2, 0) is 9.59 Å². The van der Waals surface area contributed by atoms with Crippen molar-refractivity contribution in [3.05, 3.63) is 87.4 Å². The fourth-order valence-electron chi connectivity index (χ4n) is 6.47. The number of amides is 1. The molecule has 3 aliphatic rings. The van der Waals surface area contributed by atoms with Crippen LogP contribution in [0.5, 0.6) is 5.75 Å². The highest BCUT2D eigenvalue weighted by atomic mass is 16.4. The van der Waals surface area contributed by atoms with Crippen LogP contribution in [0.4, 0.5) is 0 Å². The molecule has 6 unspecified atom stereocenters. The van der Waals surface area contributed by atoms with Gasteiger partial charge < -0.3 is 31.3 Å². The molecule has 40 heavy (non-hydrogen) atoms. The number of rotatable bonds is 2. The number of fused-ring (bicyclic) bond motifs is 3. The summed E-state index contributed by atoms with van der Waals surface area (Å²) in [4.78, 5) is 40.8. The number of ketones is 2. The van der Waals surface area contributed by atoms with Crippen molar-refractivity contribution >= 4 is 17.5 Å². The van der Waals surface area contributed by atoms with Crippen molar-refractivity contribution in [3.63, 3.8) is 0 Å². The van der Waals surface area contributed by atoms with Gasteiger partial charge in [-0.05, 0) is 49.8 Å². The number of aromatic hydroxyl groups is 1. The van der Waals surface area contributed by atoms with Gasteiger partial charge in [-0.3, -0.25) is 19.3 Å². The minimum absolute atomic E-state index is 0.180. The number of aliphatic hydroxyl groups excluding tert-OH is 3. The van der Waals surface area contributed by atoms with E-state index in [0.29, 0.717) is 16.7 Å². The topological polar surface area (TPSA) is 182 Å². The summed E-state index contributed by atoms with van der Waals surface area (Å²) in [5.74, 6) is -3.35. The van der Waals surface area contributed by atoms with Gasteiger partial charge >= 0.3 is 0 Å². The smallest absolute Gasteiger partial charge is 0.255 e. The van der Waals surface area contributed by atoms with Gasteiger partial charge in [0, 0.05) is 22.6 Å². The third kappa shape index (κ3) is 3.59. The molecule has 7 N–H and O–H groups in total. The number of phenolic OH excluding ortho intramolecular Hbond substituents is 1. The summed E-state index contributed by atoms with van der Waals surface area (Å²) < 4.78 is 0. The van der Waals surface area contributed by atoms with Crippen LogP contribution in [0.1, 0.15) is 39.9 Å². The summed E-state index contributed by atoms with van der Waals surface area (Å²) in [6.07, 6.45) is -1.67. The maximum atomic E-state index is 13.9. The van der Waals surface area contributed by atoms with Gasteiger partial charge in [0.15, 0.2) is 11.4 Å². The maximum absolute atomic E-state index is 13.9. The van der Waals surface area contributed by atoms with E-state index in [9.17, 15) is 39.9 Å². The molecular formula is C30H28N2O8. The van der Waals surface area contributed by atoms with E-state index in [1.54, 1.807) is 25.1 Å². The molecule has 10 nitrogen and oxygen atoms in total. The van der Waals surface area contributed by atoms with Gasteiger partial charge in [-0.2, -0.15) is 0 Å². The quantitative estimate of drug-likeness (QED) is 0.238. The number of aliphatic hydroxyl groups is 4. The Morgan fingerprint density at radius 3 is 2.27 bits per heavy atom. The largest absolute Gasteiger partial charge is 0.510 e. The van der Waals surface area contributed by atoms with Gasteiger partial charge in [-0.25, -0.2) is 0 Å². The highest BCUT2D eigenvalue weighted by Crippen LogP contribution is 2.55. The molecule has 0 saturated carbocycles. The molecule has 0 aliphatic heterocycles. The molecule has 2 aromatic rings. The first-order valence-corrected chi connectivity index (χ1v) is 12.6. The Bertz CT molecular complexity index is 1600. The van der Waals surface area contributed by atoms with Gasteiger partial charge in [-0.15, -0.1) is 0 Å². The number of Topliss-reactive ketones (excluding diaryl/α,β-unsaturated/α-hetero) is 2. The van der Waals surface area contributed by atoms with Crippen molar-refractivity contribution in [1.29, 1.82) is 0 Å². The monoisotopic (exact) mass is 544 g/mol. The molecule has 0 spiro atoms. The van der Waals surface area contributed by atoms with E-state index in [0.717, 1.165) is 0 Å². The van der Waals surface area contributed by atoms with E-state index >= 15 is 0 Å². The van der Waals surface area contributed by atoms with Crippen LogP contribution >= 0.6 is 0 Å². The lowest BCUT2D eigenvalue weighted by atomic mass is 9.55. The Balaban J connectivity index is 1.76. The lowest BCUT2D eigenvalue weighted by Gasteiger charge is -2.53. The van der Waals surface area contributed by atoms with Crippen molar-refractivity contribution < 1.29 is 39.9 Å². The second-order valence-electron chi connectivity index (χ2n) is 10.6. The van der Waals surface area contributed by atoms with Crippen LogP contribution in [0, 0.1) is 23.7 Å². The van der Waals surface area contributed by atoms with Gasteiger partial charge in [-0.1, -0.05) is 37.0 Å². The van der Waals surface area contributed by atoms with E-state index in [1.807, 2.05) is 18.2 Å². The third-order valence-corrected chi connectivity index (χ3v) is 8.22. The van der Waals surface area contributed by atoms with E-state index in [4.69, 9.17) is 5.73 Å². The Morgan fingerprint density at radius 2 is 1.68 bits per heavy atom. The average Bonchev–Trinajstić information content (AvgIpc) is 2.90. The van der Waals surface area contributed by atoms with Crippen molar-refractivity contribution in [1.82, 2.24) is 4.90 Å². The van der Waals surface area contributed by atoms with Gasteiger partial charge in [0.25, 0.3) is 5.91 Å². The summed E-state index contributed by atoms with van der Waals surface area (Å²) in [6.45, 7) is 1.67. The molecular weight excluding hydrogens is 516 g/mol. The van der Waals surface area contributed by atoms with Crippen molar-refractivity contribution in [2.24, 2.45) is 17.6 Å². The number of nitrogens with two attached hydrogens (primary N) is 1. The zero-order valence-corrected chi connectivity index (χ0v) is 21.9. The fourth-order valence-corrected chi connectivity index (χ4v) is 6.47. The van der Waals surface area contributed by atoms with Crippen molar-refractivity contribution in [3.8, 4) is 17.6 Å². The number of phenols is 1. The number of nitrogens with zero attached hydrogens (tertiary/aromatic N) is 1. The molecule has 0 saturated heterocycles. The third-order valence-electron chi connectivity index (χ3n) is 8.22. The standard InChI is InChI=1S/C30H28N2O8/c1-13-17-15(10-9-14-7-5-4-6-8-14)11-12-16(33)19(17)24(34)20-18(13)25(35)22-23(32(2)3)26(36)21(29(31)39)28(38)30(22,40)27(20)37/h4-8,11-13,18,22-23,25,33,35-37,40H,1-3H3,(H2,31,39). The van der Waals surface area contributed by atoms with Crippen LogP contribution < -0.4 is 5.73 Å². The minimum Gasteiger partial charge on any atom is -0.510 e. The molecule has 1 amide bonds. The summed E-state index contributed by atoms with van der Waals surface area (Å²) in [7, 11) is 2.97. The number of hydrogen-bond donors (Lipinski definition) is 6. The Hall–Kier alpha value is -4.43. The highest BCUT2D eigenvalue weighted by molar-refractivity contribution is 6.25. The highest BCUT2D eigenvalue weighted by Gasteiger charge is 2.67. The van der Waals surface area contributed by atoms with Crippen LogP contribution in [0.3, 0.4) is 0 Å². The molecule has 10 heteroatoms. The van der Waals surface area contributed by atoms with Gasteiger partial charge in [0.05, 0.1) is 23.6 Å². The number of carbonyl (C=O) groups is 3. The first-order chi connectivity index (χ1) is 18.8. The van der Waals surface area contributed by atoms with Gasteiger partial charge in [0.2, 0.25) is 5.78 Å². The summed E-state index contributed by atoms with van der Waals surface area (Å²) in [5.41, 5.74) is 2.26. The second kappa shape index (κ2) is 9.34. The second-order valence-corrected chi connectivity index (χ2v) is 10.6. The summed E-state index contributed by atoms with van der Waals surface area (Å²) >= 11 is 0. The number of likely N-dealkylation sites (N-methyl/N-ethyl adjacent to an activating group) is 1. The SMILES string of the molecule is CC1c2c(C#Cc3ccccc3)ccc(O)c2C(=O)C2=C(O)C3(O)C(=O)C(C(N)=O)=C(O)C(N(C)C)C3C(O)C21. The van der Waals surface area contributed by atoms with Crippen LogP contribution in [-0.4, -0.2) is 79.7 Å². The Kier molecular flexibility index (Phi) is 6.34. The predicted molar refractivity (Wildman–Crippen MR) is 142 cm³/mol. The Labute approximate surface area is 229 Å².